The van der Waals surface area contributed by atoms with E-state index in [0.717, 1.165) is 0 Å². The van der Waals surface area contributed by atoms with Gasteiger partial charge in [-0.2, -0.15) is 0 Å². The molecule has 0 radical (unpaired) electrons. The Labute approximate surface area is 156 Å². The third-order valence-electron chi connectivity index (χ3n) is 5.99. The van der Waals surface area contributed by atoms with Crippen LogP contribution in [0.3, 0.4) is 0 Å². The van der Waals surface area contributed by atoms with Gasteiger partial charge in [0.1, 0.15) is 16.5 Å². The standard InChI is InChI=1S/C14H35NSi2.C3H10O3Si/c1-8-15(16(9-2,10-3)11-4)17(12-5,13-6)14-7;1-4-7(5-2)6-3/h8-14H2,1-7H3;7H,1-3H3. The normalized spacial score (nSPS) is 12.5. The third kappa shape index (κ3) is 7.01. The first-order valence-corrected chi connectivity index (χ1v) is 16.3. The number of hydrogen-bond donors (Lipinski definition) is 0. The van der Waals surface area contributed by atoms with E-state index in [1.165, 1.54) is 42.8 Å². The van der Waals surface area contributed by atoms with Gasteiger partial charge in [-0.25, -0.2) is 0 Å². The van der Waals surface area contributed by atoms with E-state index >= 15 is 0 Å². The molecule has 0 unspecified atom stereocenters. The van der Waals surface area contributed by atoms with Gasteiger partial charge in [0.25, 0.3) is 0 Å². The highest BCUT2D eigenvalue weighted by atomic mass is 28.4. The first-order chi connectivity index (χ1) is 11.4. The van der Waals surface area contributed by atoms with E-state index in [4.69, 9.17) is 13.3 Å². The number of rotatable bonds is 12. The molecule has 0 heterocycles. The summed E-state index contributed by atoms with van der Waals surface area (Å²) in [4.78, 5) is 0. The largest absolute Gasteiger partial charge is 0.483 e. The quantitative estimate of drug-likeness (QED) is 0.437. The van der Waals surface area contributed by atoms with E-state index in [1.54, 1.807) is 21.3 Å². The Morgan fingerprint density at radius 2 is 0.833 bits per heavy atom. The second-order valence-corrected chi connectivity index (χ2v) is 19.0. The first kappa shape index (κ1) is 26.7. The molecule has 0 saturated carbocycles. The lowest BCUT2D eigenvalue weighted by Crippen LogP contribution is -2.65. The molecule has 4 nitrogen and oxygen atoms in total. The Morgan fingerprint density at radius 3 is 0.917 bits per heavy atom. The van der Waals surface area contributed by atoms with Gasteiger partial charge in [-0.05, 0) is 42.8 Å². The topological polar surface area (TPSA) is 30.9 Å². The Kier molecular flexibility index (Phi) is 16.3. The SMILES string of the molecule is CCN([Si](CC)(CC)CC)[Si](CC)(CC)CC.CO[SiH](OC)OC. The van der Waals surface area contributed by atoms with Crippen LogP contribution in [0, 0.1) is 0 Å². The van der Waals surface area contributed by atoms with Crippen molar-refractivity contribution in [3.05, 3.63) is 0 Å². The van der Waals surface area contributed by atoms with Crippen molar-refractivity contribution < 1.29 is 13.3 Å². The van der Waals surface area contributed by atoms with Crippen LogP contribution in [0.15, 0.2) is 0 Å². The molecule has 0 spiro atoms. The van der Waals surface area contributed by atoms with Crippen molar-refractivity contribution in [2.24, 2.45) is 0 Å². The highest BCUT2D eigenvalue weighted by molar-refractivity contribution is 6.92. The van der Waals surface area contributed by atoms with Crippen LogP contribution in [0.5, 0.6) is 0 Å². The maximum Gasteiger partial charge on any atom is 0.483 e. The molecule has 0 rings (SSSR count). The molecule has 0 aliphatic rings. The van der Waals surface area contributed by atoms with Gasteiger partial charge < -0.3 is 17.5 Å². The third-order valence-corrected chi connectivity index (χ3v) is 20.8. The van der Waals surface area contributed by atoms with Gasteiger partial charge in [0.2, 0.25) is 0 Å². The van der Waals surface area contributed by atoms with Crippen LogP contribution in [0.2, 0.25) is 36.3 Å². The molecule has 0 saturated heterocycles. The van der Waals surface area contributed by atoms with Gasteiger partial charge in [0, 0.05) is 21.3 Å². The summed E-state index contributed by atoms with van der Waals surface area (Å²) >= 11 is 0. The van der Waals surface area contributed by atoms with E-state index in [1.807, 2.05) is 0 Å². The molecule has 0 aromatic heterocycles. The smallest absolute Gasteiger partial charge is 0.379 e. The second-order valence-electron chi connectivity index (χ2n) is 6.31. The molecular weight excluding hydrogens is 350 g/mol. The predicted molar refractivity (Wildman–Crippen MR) is 115 cm³/mol. The summed E-state index contributed by atoms with van der Waals surface area (Å²) in [5.74, 6) is 0. The van der Waals surface area contributed by atoms with E-state index < -0.39 is 26.0 Å². The van der Waals surface area contributed by atoms with Crippen molar-refractivity contribution in [3.8, 4) is 0 Å². The lowest BCUT2D eigenvalue weighted by Gasteiger charge is -2.51. The monoisotopic (exact) mass is 395 g/mol. The minimum Gasteiger partial charge on any atom is -0.379 e. The molecule has 0 fully saturated rings. The van der Waals surface area contributed by atoms with Crippen LogP contribution in [-0.2, 0) is 13.3 Å². The fourth-order valence-corrected chi connectivity index (χ4v) is 18.2. The molecule has 0 amide bonds. The highest BCUT2D eigenvalue weighted by Gasteiger charge is 2.44. The molecule has 148 valence electrons. The summed E-state index contributed by atoms with van der Waals surface area (Å²) < 4.78 is 17.3. The van der Waals surface area contributed by atoms with Crippen LogP contribution in [0.1, 0.15) is 48.5 Å². The van der Waals surface area contributed by atoms with Crippen molar-refractivity contribution in [2.75, 3.05) is 27.9 Å². The average Bonchev–Trinajstić information content (AvgIpc) is 2.65. The summed E-state index contributed by atoms with van der Waals surface area (Å²) in [7, 11) is 0.748. The molecule has 0 aliphatic heterocycles. The Morgan fingerprint density at radius 1 is 0.583 bits per heavy atom. The summed E-state index contributed by atoms with van der Waals surface area (Å²) in [5.41, 5.74) is 0. The molecule has 24 heavy (non-hydrogen) atoms. The van der Waals surface area contributed by atoms with Crippen LogP contribution in [0.4, 0.5) is 0 Å². The highest BCUT2D eigenvalue weighted by Crippen LogP contribution is 2.35. The zero-order valence-corrected chi connectivity index (χ0v) is 21.4. The van der Waals surface area contributed by atoms with E-state index in [0.29, 0.717) is 0 Å². The first-order valence-electron chi connectivity index (χ1n) is 9.77. The van der Waals surface area contributed by atoms with Gasteiger partial charge >= 0.3 is 9.53 Å². The van der Waals surface area contributed by atoms with Crippen molar-refractivity contribution in [1.82, 2.24) is 4.23 Å². The van der Waals surface area contributed by atoms with Crippen molar-refractivity contribution >= 4 is 26.0 Å². The van der Waals surface area contributed by atoms with Crippen molar-refractivity contribution in [1.29, 1.82) is 0 Å². The average molecular weight is 396 g/mol. The molecule has 0 N–H and O–H groups in total. The molecular formula is C17H45NO3Si3. The Bertz CT molecular complexity index is 242. The Hall–Kier alpha value is 0.491. The molecule has 7 heteroatoms. The maximum absolute atomic E-state index is 4.74. The summed E-state index contributed by atoms with van der Waals surface area (Å²) in [6.45, 7) is 18.4. The lowest BCUT2D eigenvalue weighted by atomic mass is 10.8. The van der Waals surface area contributed by atoms with E-state index in [-0.39, 0.29) is 0 Å². The van der Waals surface area contributed by atoms with E-state index in [2.05, 4.69) is 52.7 Å². The van der Waals surface area contributed by atoms with Crippen molar-refractivity contribution in [3.63, 3.8) is 0 Å². The van der Waals surface area contributed by atoms with Crippen molar-refractivity contribution in [2.45, 2.75) is 84.7 Å². The van der Waals surface area contributed by atoms with Gasteiger partial charge in [-0.3, -0.25) is 0 Å². The zero-order chi connectivity index (χ0) is 19.2. The number of hydrogen-bond acceptors (Lipinski definition) is 4. The van der Waals surface area contributed by atoms with Crippen LogP contribution >= 0.6 is 0 Å². The lowest BCUT2D eigenvalue weighted by molar-refractivity contribution is 0.163. The minimum absolute atomic E-state index is 1.15. The molecule has 0 bridgehead atoms. The molecule has 0 aliphatic carbocycles. The maximum atomic E-state index is 4.74. The minimum atomic E-state index is -1.67. The van der Waals surface area contributed by atoms with Crippen LogP contribution < -0.4 is 0 Å². The molecule has 0 atom stereocenters. The van der Waals surface area contributed by atoms with Crippen LogP contribution in [0.25, 0.3) is 0 Å². The summed E-state index contributed by atoms with van der Waals surface area (Å²) in [5, 5.41) is 0. The zero-order valence-electron chi connectivity index (χ0n) is 18.2. The van der Waals surface area contributed by atoms with Gasteiger partial charge in [0.05, 0.1) is 0 Å². The van der Waals surface area contributed by atoms with Gasteiger partial charge in [-0.15, -0.1) is 0 Å². The fraction of sp³-hybridized carbons (Fsp3) is 1.00. The van der Waals surface area contributed by atoms with Gasteiger partial charge in [-0.1, -0.05) is 48.5 Å². The summed E-state index contributed by atoms with van der Waals surface area (Å²) in [6.07, 6.45) is 0. The second kappa shape index (κ2) is 14.6. The van der Waals surface area contributed by atoms with Crippen LogP contribution in [-0.4, -0.2) is 58.1 Å². The molecule has 0 aromatic rings. The fourth-order valence-electron chi connectivity index (χ4n) is 4.11. The number of nitrogens with zero attached hydrogens (tertiary/aromatic N) is 1. The predicted octanol–water partition coefficient (Wildman–Crippen LogP) is 4.96. The molecule has 0 aromatic carbocycles. The van der Waals surface area contributed by atoms with Gasteiger partial charge in [0.15, 0.2) is 0 Å². The summed E-state index contributed by atoms with van der Waals surface area (Å²) in [6, 6.07) is 8.68. The Balaban J connectivity index is 0. The van der Waals surface area contributed by atoms with E-state index in [9.17, 15) is 0 Å².